The van der Waals surface area contributed by atoms with Crippen LogP contribution in [0.2, 0.25) is 0 Å². The third-order valence-corrected chi connectivity index (χ3v) is 5.86. The van der Waals surface area contributed by atoms with Gasteiger partial charge in [0.2, 0.25) is 0 Å². The van der Waals surface area contributed by atoms with Crippen LogP contribution >= 0.6 is 11.3 Å². The molecule has 0 aliphatic carbocycles. The van der Waals surface area contributed by atoms with E-state index in [2.05, 4.69) is 0 Å². The van der Waals surface area contributed by atoms with Gasteiger partial charge in [0.1, 0.15) is 24.2 Å². The lowest BCUT2D eigenvalue weighted by atomic mass is 9.99. The van der Waals surface area contributed by atoms with Crippen molar-refractivity contribution in [2.75, 3.05) is 0 Å². The highest BCUT2D eigenvalue weighted by Gasteiger charge is 2.20. The van der Waals surface area contributed by atoms with Gasteiger partial charge in [-0.1, -0.05) is 24.3 Å². The second-order valence-electron chi connectivity index (χ2n) is 7.64. The number of carboxylic acids is 2. The quantitative estimate of drug-likeness (QED) is 0.331. The minimum atomic E-state index is -1.06. The summed E-state index contributed by atoms with van der Waals surface area (Å²) in [6.07, 6.45) is 0.799. The van der Waals surface area contributed by atoms with E-state index in [0.717, 1.165) is 22.8 Å². The lowest BCUT2D eigenvalue weighted by molar-refractivity contribution is -0.137. The molecule has 2 aromatic carbocycles. The van der Waals surface area contributed by atoms with Crippen LogP contribution in [0.4, 0.5) is 0 Å². The highest BCUT2D eigenvalue weighted by atomic mass is 32.1. The Bertz CT molecular complexity index is 1130. The molecule has 0 spiro atoms. The number of hydrogen-bond donors (Lipinski definition) is 2. The Kier molecular flexibility index (Phi) is 8.27. The summed E-state index contributed by atoms with van der Waals surface area (Å²) >= 11 is 1.59. The Morgan fingerprint density at radius 2 is 1.91 bits per heavy atom. The van der Waals surface area contributed by atoms with E-state index in [1.54, 1.807) is 36.5 Å². The highest BCUT2D eigenvalue weighted by molar-refractivity contribution is 7.07. The predicted molar refractivity (Wildman–Crippen MR) is 128 cm³/mol. The summed E-state index contributed by atoms with van der Waals surface area (Å²) in [6, 6.07) is 14.9. The van der Waals surface area contributed by atoms with Crippen LogP contribution in [0.25, 0.3) is 5.57 Å². The normalized spacial score (nSPS) is 12.2. The number of benzene rings is 2. The zero-order chi connectivity index (χ0) is 23.8. The van der Waals surface area contributed by atoms with E-state index in [1.807, 2.05) is 48.0 Å². The molecule has 0 amide bonds. The second-order valence-corrected chi connectivity index (χ2v) is 8.42. The average Bonchev–Trinajstić information content (AvgIpc) is 3.29. The summed E-state index contributed by atoms with van der Waals surface area (Å²) in [6.45, 7) is 4.04. The molecule has 3 aromatic rings. The lowest BCUT2D eigenvalue weighted by Crippen LogP contribution is -2.12. The topological polar surface area (TPSA) is 93.1 Å². The molecule has 1 unspecified atom stereocenters. The molecule has 2 N–H and O–H groups in total. The molecule has 0 saturated carbocycles. The van der Waals surface area contributed by atoms with Crippen LogP contribution in [0.3, 0.4) is 0 Å². The number of carboxylic acid groups (broad SMARTS) is 2. The number of ether oxygens (including phenoxy) is 2. The van der Waals surface area contributed by atoms with Gasteiger partial charge in [0.25, 0.3) is 0 Å². The van der Waals surface area contributed by atoms with Gasteiger partial charge in [0.15, 0.2) is 0 Å². The molecule has 0 radical (unpaired) electrons. The molecule has 6 nitrogen and oxygen atoms in total. The van der Waals surface area contributed by atoms with Crippen molar-refractivity contribution >= 4 is 28.8 Å². The van der Waals surface area contributed by atoms with Crippen molar-refractivity contribution in [2.24, 2.45) is 0 Å². The van der Waals surface area contributed by atoms with Crippen molar-refractivity contribution in [2.45, 2.75) is 39.4 Å². The van der Waals surface area contributed by atoms with Crippen LogP contribution in [0.5, 0.6) is 11.5 Å². The van der Waals surface area contributed by atoms with Gasteiger partial charge in [-0.05, 0) is 71.5 Å². The maximum Gasteiger partial charge on any atom is 0.328 e. The Labute approximate surface area is 196 Å². The fourth-order valence-electron chi connectivity index (χ4n) is 3.45. The molecule has 1 heterocycles. The van der Waals surface area contributed by atoms with Crippen LogP contribution in [0.15, 0.2) is 65.4 Å². The van der Waals surface area contributed by atoms with Gasteiger partial charge in [0.05, 0.1) is 0 Å². The first-order chi connectivity index (χ1) is 15.8. The number of aryl methyl sites for hydroxylation is 1. The maximum absolute atomic E-state index is 11.3. The van der Waals surface area contributed by atoms with Gasteiger partial charge in [-0.15, -0.1) is 0 Å². The van der Waals surface area contributed by atoms with E-state index in [9.17, 15) is 19.8 Å². The van der Waals surface area contributed by atoms with Gasteiger partial charge in [-0.25, -0.2) is 4.79 Å². The molecule has 1 atom stereocenters. The summed E-state index contributed by atoms with van der Waals surface area (Å²) in [5.41, 5.74) is 4.04. The zero-order valence-corrected chi connectivity index (χ0v) is 19.3. The Hall–Kier alpha value is -3.58. The Morgan fingerprint density at radius 1 is 1.12 bits per heavy atom. The number of thiophene rings is 1. The molecule has 7 heteroatoms. The second kappa shape index (κ2) is 11.3. The summed E-state index contributed by atoms with van der Waals surface area (Å²) in [7, 11) is 0. The minimum absolute atomic E-state index is 0.0629. The first kappa shape index (κ1) is 24.1. The van der Waals surface area contributed by atoms with Crippen LogP contribution in [-0.4, -0.2) is 22.2 Å². The molecule has 33 heavy (non-hydrogen) atoms. The van der Waals surface area contributed by atoms with Gasteiger partial charge >= 0.3 is 11.9 Å². The molecule has 0 saturated heterocycles. The van der Waals surface area contributed by atoms with Crippen molar-refractivity contribution in [3.63, 3.8) is 0 Å². The van der Waals surface area contributed by atoms with Crippen molar-refractivity contribution < 1.29 is 29.3 Å². The van der Waals surface area contributed by atoms with E-state index >= 15 is 0 Å². The smallest absolute Gasteiger partial charge is 0.328 e. The van der Waals surface area contributed by atoms with Gasteiger partial charge in [-0.2, -0.15) is 11.3 Å². The largest absolute Gasteiger partial charge is 0.489 e. The molecule has 0 bridgehead atoms. The standard InChI is InChI=1S/C26H26O6S/c1-17-5-3-4-6-21(17)23(9-10-25(27)28)32-24-14-20(31-15-19-11-12-33-16-19)7-8-22(24)18(2)13-26(29)30/h3-8,11-14,16,23H,9-10,15H2,1-2H3,(H,27,28)(H,29,30). The van der Waals surface area contributed by atoms with Crippen molar-refractivity contribution in [3.05, 3.63) is 87.6 Å². The van der Waals surface area contributed by atoms with Gasteiger partial charge in [0, 0.05) is 24.1 Å². The molecular weight excluding hydrogens is 440 g/mol. The third kappa shape index (κ3) is 6.95. The summed E-state index contributed by atoms with van der Waals surface area (Å²) in [5.74, 6) is -0.957. The average molecular weight is 467 g/mol. The SMILES string of the molecule is CC(=CC(=O)O)c1ccc(OCc2ccsc2)cc1OC(CCC(=O)O)c1ccccc1C. The molecule has 0 aliphatic rings. The van der Waals surface area contributed by atoms with Gasteiger partial charge in [-0.3, -0.25) is 4.79 Å². The molecular formula is C26H26O6S. The van der Waals surface area contributed by atoms with Crippen LogP contribution in [-0.2, 0) is 16.2 Å². The number of hydrogen-bond acceptors (Lipinski definition) is 5. The van der Waals surface area contributed by atoms with Crippen LogP contribution < -0.4 is 9.47 Å². The van der Waals surface area contributed by atoms with Crippen molar-refractivity contribution in [3.8, 4) is 11.5 Å². The number of allylic oxidation sites excluding steroid dienone is 1. The van der Waals surface area contributed by atoms with E-state index in [0.29, 0.717) is 29.2 Å². The van der Waals surface area contributed by atoms with Crippen molar-refractivity contribution in [1.29, 1.82) is 0 Å². The minimum Gasteiger partial charge on any atom is -0.489 e. The first-order valence-electron chi connectivity index (χ1n) is 10.5. The summed E-state index contributed by atoms with van der Waals surface area (Å²) < 4.78 is 12.3. The molecule has 0 fully saturated rings. The van der Waals surface area contributed by atoms with E-state index < -0.39 is 18.0 Å². The Morgan fingerprint density at radius 3 is 2.58 bits per heavy atom. The van der Waals surface area contributed by atoms with Crippen molar-refractivity contribution in [1.82, 2.24) is 0 Å². The van der Waals surface area contributed by atoms with Crippen LogP contribution in [0, 0.1) is 6.92 Å². The highest BCUT2D eigenvalue weighted by Crippen LogP contribution is 2.36. The monoisotopic (exact) mass is 466 g/mol. The fourth-order valence-corrected chi connectivity index (χ4v) is 4.11. The Balaban J connectivity index is 1.97. The lowest BCUT2D eigenvalue weighted by Gasteiger charge is -2.23. The van der Waals surface area contributed by atoms with E-state index in [4.69, 9.17) is 9.47 Å². The van der Waals surface area contributed by atoms with E-state index in [1.165, 1.54) is 0 Å². The summed E-state index contributed by atoms with van der Waals surface area (Å²) in [4.78, 5) is 22.5. The summed E-state index contributed by atoms with van der Waals surface area (Å²) in [5, 5.41) is 22.4. The van der Waals surface area contributed by atoms with Crippen LogP contribution in [0.1, 0.15) is 48.1 Å². The maximum atomic E-state index is 11.3. The number of rotatable bonds is 11. The number of aliphatic carboxylic acids is 2. The fraction of sp³-hybridized carbons (Fsp3) is 0.231. The molecule has 3 rings (SSSR count). The van der Waals surface area contributed by atoms with Gasteiger partial charge < -0.3 is 19.7 Å². The third-order valence-electron chi connectivity index (χ3n) is 5.13. The molecule has 1 aromatic heterocycles. The zero-order valence-electron chi connectivity index (χ0n) is 18.5. The first-order valence-corrected chi connectivity index (χ1v) is 11.4. The number of carbonyl (C=O) groups is 2. The van der Waals surface area contributed by atoms with E-state index in [-0.39, 0.29) is 12.8 Å². The predicted octanol–water partition coefficient (Wildman–Crippen LogP) is 6.11. The molecule has 0 aliphatic heterocycles. The molecule has 172 valence electrons.